The number of thioether (sulfide) groups is 1. The summed E-state index contributed by atoms with van der Waals surface area (Å²) in [6, 6.07) is 3.03. The van der Waals surface area contributed by atoms with Crippen LogP contribution < -0.4 is 9.47 Å². The van der Waals surface area contributed by atoms with Gasteiger partial charge >= 0.3 is 29.8 Å². The number of fused-ring (bicyclic) bond motifs is 1. The predicted octanol–water partition coefficient (Wildman–Crippen LogP) is 2.65. The molecule has 3 rings (SSSR count). The number of ether oxygens (including phenoxy) is 6. The second-order valence-corrected chi connectivity index (χ2v) is 9.37. The fraction of sp³-hybridized carbons (Fsp3) is 0.458. The highest BCUT2D eigenvalue weighted by atomic mass is 32.2. The van der Waals surface area contributed by atoms with Crippen LogP contribution in [0.25, 0.3) is 10.9 Å². The van der Waals surface area contributed by atoms with Crippen molar-refractivity contribution >= 4 is 52.5 Å². The van der Waals surface area contributed by atoms with Crippen molar-refractivity contribution in [2.45, 2.75) is 76.3 Å². The molecule has 0 bridgehead atoms. The molecule has 0 amide bonds. The molecular weight excluding hydrogens is 510 g/mol. The van der Waals surface area contributed by atoms with E-state index >= 15 is 0 Å². The van der Waals surface area contributed by atoms with Crippen LogP contribution in [0.4, 0.5) is 0 Å². The third-order valence-corrected chi connectivity index (χ3v) is 6.30. The molecule has 12 nitrogen and oxygen atoms in total. The lowest BCUT2D eigenvalue weighted by atomic mass is 10.00. The van der Waals surface area contributed by atoms with Gasteiger partial charge in [0.25, 0.3) is 0 Å². The van der Waals surface area contributed by atoms with Gasteiger partial charge in [-0.3, -0.25) is 24.0 Å². The largest absolute Gasteiger partial charge is 0.456 e. The van der Waals surface area contributed by atoms with Gasteiger partial charge in [0.2, 0.25) is 0 Å². The van der Waals surface area contributed by atoms with Gasteiger partial charge < -0.3 is 33.4 Å². The van der Waals surface area contributed by atoms with Gasteiger partial charge in [-0.05, 0) is 13.0 Å². The third kappa shape index (κ3) is 7.01. The zero-order valence-corrected chi connectivity index (χ0v) is 21.8. The summed E-state index contributed by atoms with van der Waals surface area (Å²) in [6.07, 6.45) is -2.38. The molecule has 1 aromatic carbocycles. The Morgan fingerprint density at radius 2 is 1.27 bits per heavy atom. The molecule has 1 N–H and O–H groups in total. The lowest BCUT2D eigenvalue weighted by Gasteiger charge is -2.43. The van der Waals surface area contributed by atoms with E-state index in [-0.39, 0.29) is 11.5 Å². The Labute approximate surface area is 216 Å². The Bertz CT molecular complexity index is 1220. The Hall–Kier alpha value is -3.58. The third-order valence-electron chi connectivity index (χ3n) is 5.09. The number of carbonyl (C=O) groups excluding carboxylic acids is 5. The summed E-state index contributed by atoms with van der Waals surface area (Å²) in [6.45, 7) is 7.66. The summed E-state index contributed by atoms with van der Waals surface area (Å²) in [5, 5.41) is 0.584. The lowest BCUT2D eigenvalue weighted by Crippen LogP contribution is -2.59. The molecule has 13 heteroatoms. The molecule has 1 aliphatic heterocycles. The number of esters is 5. The topological polar surface area (TPSA) is 157 Å². The molecule has 37 heavy (non-hydrogen) atoms. The molecule has 5 atom stereocenters. The van der Waals surface area contributed by atoms with E-state index in [1.54, 1.807) is 13.1 Å². The van der Waals surface area contributed by atoms with Crippen molar-refractivity contribution in [2.75, 3.05) is 0 Å². The van der Waals surface area contributed by atoms with Crippen LogP contribution in [-0.2, 0) is 42.9 Å². The number of nitrogens with one attached hydrogen (secondary N) is 1. The van der Waals surface area contributed by atoms with E-state index in [0.717, 1.165) is 11.8 Å². The number of aromatic amines is 1. The Kier molecular flexibility index (Phi) is 8.81. The van der Waals surface area contributed by atoms with Crippen molar-refractivity contribution in [3.63, 3.8) is 0 Å². The molecule has 0 saturated carbocycles. The van der Waals surface area contributed by atoms with Crippen LogP contribution in [-0.4, -0.2) is 64.7 Å². The fourth-order valence-corrected chi connectivity index (χ4v) is 5.11. The molecule has 0 unspecified atom stereocenters. The Balaban J connectivity index is 2.02. The number of hydrogen-bond donors (Lipinski definition) is 1. The first-order chi connectivity index (χ1) is 17.3. The highest BCUT2D eigenvalue weighted by Gasteiger charge is 2.50. The first-order valence-corrected chi connectivity index (χ1v) is 12.1. The average molecular weight is 538 g/mol. The Morgan fingerprint density at radius 1 is 0.757 bits per heavy atom. The van der Waals surface area contributed by atoms with Crippen molar-refractivity contribution in [1.82, 2.24) is 4.98 Å². The molecule has 2 heterocycles. The summed E-state index contributed by atoms with van der Waals surface area (Å²) in [7, 11) is 0. The summed E-state index contributed by atoms with van der Waals surface area (Å²) in [4.78, 5) is 62.3. The highest BCUT2D eigenvalue weighted by Crippen LogP contribution is 2.42. The van der Waals surface area contributed by atoms with Gasteiger partial charge in [-0.25, -0.2) is 0 Å². The second-order valence-electron chi connectivity index (χ2n) is 8.23. The SMILES string of the molecule is CC(=O)Oc1cc2[nH]cc(S[C@H]3O[C@@H](C)[C@@H](OC(C)=O)[C@@H](OC(C)=O)[C@@H]3OC(C)=O)c2cc1OC(C)=O. The fourth-order valence-electron chi connectivity index (χ4n) is 3.86. The molecule has 0 radical (unpaired) electrons. The van der Waals surface area contributed by atoms with Gasteiger partial charge in [0.05, 0.1) is 11.6 Å². The molecule has 0 spiro atoms. The summed E-state index contributed by atoms with van der Waals surface area (Å²) < 4.78 is 32.7. The number of aromatic nitrogens is 1. The van der Waals surface area contributed by atoms with Crippen molar-refractivity contribution in [3.8, 4) is 11.5 Å². The predicted molar refractivity (Wildman–Crippen MR) is 128 cm³/mol. The van der Waals surface area contributed by atoms with E-state index in [1.165, 1.54) is 46.8 Å². The first-order valence-electron chi connectivity index (χ1n) is 11.2. The number of rotatable bonds is 7. The van der Waals surface area contributed by atoms with Crippen LogP contribution in [0.1, 0.15) is 41.5 Å². The monoisotopic (exact) mass is 537 g/mol. The van der Waals surface area contributed by atoms with Crippen LogP contribution >= 0.6 is 11.8 Å². The smallest absolute Gasteiger partial charge is 0.308 e. The van der Waals surface area contributed by atoms with Gasteiger partial charge in [-0.15, -0.1) is 0 Å². The minimum absolute atomic E-state index is 0.0267. The molecule has 1 saturated heterocycles. The standard InChI is InChI=1S/C24H27NO11S/c1-10-21(34-13(4)28)22(35-14(5)29)23(36-15(6)30)24(31-10)37-20-9-25-17-8-19(33-12(3)27)18(7-16(17)20)32-11(2)26/h7-10,21-25H,1-6H3/t10-,21+,22+,23-,24+/m0/s1. The number of carbonyl (C=O) groups is 5. The maximum atomic E-state index is 12.0. The molecule has 200 valence electrons. The maximum Gasteiger partial charge on any atom is 0.308 e. The van der Waals surface area contributed by atoms with E-state index in [2.05, 4.69) is 4.98 Å². The van der Waals surface area contributed by atoms with Gasteiger partial charge in [0.1, 0.15) is 5.44 Å². The van der Waals surface area contributed by atoms with Gasteiger partial charge in [0, 0.05) is 57.2 Å². The van der Waals surface area contributed by atoms with Gasteiger partial charge in [-0.1, -0.05) is 11.8 Å². The van der Waals surface area contributed by atoms with Crippen LogP contribution in [0.5, 0.6) is 11.5 Å². The van der Waals surface area contributed by atoms with Gasteiger partial charge in [0.15, 0.2) is 29.8 Å². The minimum Gasteiger partial charge on any atom is -0.456 e. The molecule has 1 aliphatic rings. The molecule has 0 aliphatic carbocycles. The average Bonchev–Trinajstić information content (AvgIpc) is 3.13. The molecule has 1 aromatic heterocycles. The first kappa shape index (κ1) is 28.0. The number of H-pyrrole nitrogens is 1. The summed E-state index contributed by atoms with van der Waals surface area (Å²) >= 11 is 1.14. The minimum atomic E-state index is -1.14. The molecule has 2 aromatic rings. The summed E-state index contributed by atoms with van der Waals surface area (Å²) in [5.41, 5.74) is -0.337. The van der Waals surface area contributed by atoms with Crippen molar-refractivity contribution in [3.05, 3.63) is 18.3 Å². The quantitative estimate of drug-likeness (QED) is 0.313. The number of benzene rings is 1. The number of hydrogen-bond acceptors (Lipinski definition) is 12. The summed E-state index contributed by atoms with van der Waals surface area (Å²) in [5.74, 6) is -3.07. The zero-order chi connectivity index (χ0) is 27.4. The molecule has 1 fully saturated rings. The molecular formula is C24H27NO11S. The van der Waals surface area contributed by atoms with Crippen molar-refractivity contribution in [1.29, 1.82) is 0 Å². The van der Waals surface area contributed by atoms with E-state index in [1.807, 2.05) is 0 Å². The van der Waals surface area contributed by atoms with Crippen LogP contribution in [0.15, 0.2) is 23.2 Å². The van der Waals surface area contributed by atoms with Crippen molar-refractivity contribution in [2.24, 2.45) is 0 Å². The second kappa shape index (κ2) is 11.6. The lowest BCUT2D eigenvalue weighted by molar-refractivity contribution is -0.229. The highest BCUT2D eigenvalue weighted by molar-refractivity contribution is 8.00. The Morgan fingerprint density at radius 3 is 1.81 bits per heavy atom. The van der Waals surface area contributed by atoms with E-state index in [0.29, 0.717) is 15.8 Å². The van der Waals surface area contributed by atoms with E-state index < -0.39 is 59.7 Å². The maximum absolute atomic E-state index is 12.0. The normalized spacial score (nSPS) is 23.1. The van der Waals surface area contributed by atoms with Gasteiger partial charge in [-0.2, -0.15) is 0 Å². The zero-order valence-electron chi connectivity index (χ0n) is 21.0. The van der Waals surface area contributed by atoms with Crippen molar-refractivity contribution < 1.29 is 52.4 Å². The van der Waals surface area contributed by atoms with E-state index in [4.69, 9.17) is 28.4 Å². The van der Waals surface area contributed by atoms with E-state index in [9.17, 15) is 24.0 Å². The van der Waals surface area contributed by atoms with Crippen LogP contribution in [0, 0.1) is 0 Å². The van der Waals surface area contributed by atoms with Crippen LogP contribution in [0.2, 0.25) is 0 Å². The van der Waals surface area contributed by atoms with Crippen LogP contribution in [0.3, 0.4) is 0 Å².